The molecule has 4 nitrogen and oxygen atoms in total. The van der Waals surface area contributed by atoms with Crippen molar-refractivity contribution < 1.29 is 4.79 Å². The van der Waals surface area contributed by atoms with Crippen LogP contribution in [0.15, 0.2) is 18.5 Å². The van der Waals surface area contributed by atoms with Gasteiger partial charge in [-0.3, -0.25) is 9.78 Å². The predicted molar refractivity (Wildman–Crippen MR) is 68.8 cm³/mol. The molecule has 4 heteroatoms. The van der Waals surface area contributed by atoms with Gasteiger partial charge >= 0.3 is 0 Å². The predicted octanol–water partition coefficient (Wildman–Crippen LogP) is 1.45. The zero-order chi connectivity index (χ0) is 13.1. The second-order valence-electron chi connectivity index (χ2n) is 5.28. The van der Waals surface area contributed by atoms with Crippen molar-refractivity contribution in [3.63, 3.8) is 0 Å². The summed E-state index contributed by atoms with van der Waals surface area (Å²) in [6.45, 7) is 7.21. The van der Waals surface area contributed by atoms with Crippen LogP contribution in [0, 0.1) is 12.3 Å². The Hall–Kier alpha value is -1.42. The summed E-state index contributed by atoms with van der Waals surface area (Å²) in [4.78, 5) is 17.9. The van der Waals surface area contributed by atoms with E-state index in [9.17, 15) is 4.79 Å². The molecule has 0 aliphatic heterocycles. The Bertz CT molecular complexity index is 401. The third kappa shape index (κ3) is 3.82. The molecule has 0 fully saturated rings. The van der Waals surface area contributed by atoms with Crippen LogP contribution in [0.5, 0.6) is 0 Å². The highest BCUT2D eigenvalue weighted by Crippen LogP contribution is 2.15. The fourth-order valence-electron chi connectivity index (χ4n) is 1.67. The largest absolute Gasteiger partial charge is 0.341 e. The number of pyridine rings is 1. The standard InChI is InChI=1S/C13H21N3O/c1-10-5-11(7-15-6-10)12(17)16(4)9-13(2,3)8-14/h5-7H,8-9,14H2,1-4H3. The van der Waals surface area contributed by atoms with E-state index >= 15 is 0 Å². The van der Waals surface area contributed by atoms with Crippen molar-refractivity contribution in [1.29, 1.82) is 0 Å². The SMILES string of the molecule is Cc1cncc(C(=O)N(C)CC(C)(C)CN)c1. The Balaban J connectivity index is 2.77. The number of rotatable bonds is 4. The second kappa shape index (κ2) is 5.27. The summed E-state index contributed by atoms with van der Waals surface area (Å²) in [7, 11) is 1.79. The molecule has 1 rings (SSSR count). The topological polar surface area (TPSA) is 59.2 Å². The third-order valence-electron chi connectivity index (χ3n) is 2.69. The molecule has 17 heavy (non-hydrogen) atoms. The smallest absolute Gasteiger partial charge is 0.255 e. The van der Waals surface area contributed by atoms with Gasteiger partial charge in [0, 0.05) is 26.0 Å². The van der Waals surface area contributed by atoms with Gasteiger partial charge in [0.1, 0.15) is 0 Å². The van der Waals surface area contributed by atoms with Gasteiger partial charge in [0.25, 0.3) is 5.91 Å². The number of hydrogen-bond donors (Lipinski definition) is 1. The maximum absolute atomic E-state index is 12.1. The number of nitrogens with two attached hydrogens (primary N) is 1. The minimum atomic E-state index is -0.0678. The Morgan fingerprint density at radius 2 is 2.12 bits per heavy atom. The molecule has 2 N–H and O–H groups in total. The van der Waals surface area contributed by atoms with E-state index in [1.54, 1.807) is 24.3 Å². The summed E-state index contributed by atoms with van der Waals surface area (Å²) >= 11 is 0. The summed E-state index contributed by atoms with van der Waals surface area (Å²) in [5.41, 5.74) is 7.21. The number of aromatic nitrogens is 1. The molecule has 1 aromatic heterocycles. The van der Waals surface area contributed by atoms with Crippen molar-refractivity contribution in [2.45, 2.75) is 20.8 Å². The van der Waals surface area contributed by atoms with Crippen molar-refractivity contribution in [3.8, 4) is 0 Å². The van der Waals surface area contributed by atoms with E-state index < -0.39 is 0 Å². The van der Waals surface area contributed by atoms with E-state index in [2.05, 4.69) is 4.98 Å². The van der Waals surface area contributed by atoms with Gasteiger partial charge < -0.3 is 10.6 Å². The molecule has 0 aromatic carbocycles. The van der Waals surface area contributed by atoms with Crippen LogP contribution in [0.3, 0.4) is 0 Å². The van der Waals surface area contributed by atoms with Crippen LogP contribution in [0.1, 0.15) is 29.8 Å². The molecular formula is C13H21N3O. The molecule has 0 spiro atoms. The number of carbonyl (C=O) groups excluding carboxylic acids is 1. The van der Waals surface area contributed by atoms with E-state index in [4.69, 9.17) is 5.73 Å². The summed E-state index contributed by atoms with van der Waals surface area (Å²) in [5, 5.41) is 0. The van der Waals surface area contributed by atoms with Gasteiger partial charge in [0.05, 0.1) is 5.56 Å². The lowest BCUT2D eigenvalue weighted by Crippen LogP contribution is -2.39. The van der Waals surface area contributed by atoms with Crippen molar-refractivity contribution in [2.24, 2.45) is 11.1 Å². The Kier molecular flexibility index (Phi) is 4.23. The first-order valence-corrected chi connectivity index (χ1v) is 5.73. The molecule has 1 aromatic rings. The van der Waals surface area contributed by atoms with Gasteiger partial charge in [-0.1, -0.05) is 13.8 Å². The Labute approximate surface area is 103 Å². The number of nitrogens with zero attached hydrogens (tertiary/aromatic N) is 2. The van der Waals surface area contributed by atoms with Gasteiger partial charge in [0.2, 0.25) is 0 Å². The summed E-state index contributed by atoms with van der Waals surface area (Å²) in [6.07, 6.45) is 3.34. The minimum absolute atomic E-state index is 0.0114. The van der Waals surface area contributed by atoms with E-state index in [1.807, 2.05) is 26.8 Å². The first-order chi connectivity index (χ1) is 7.85. The maximum Gasteiger partial charge on any atom is 0.255 e. The molecule has 0 saturated carbocycles. The molecule has 0 atom stereocenters. The molecule has 0 unspecified atom stereocenters. The van der Waals surface area contributed by atoms with Gasteiger partial charge in [-0.15, -0.1) is 0 Å². The van der Waals surface area contributed by atoms with E-state index in [0.29, 0.717) is 18.7 Å². The van der Waals surface area contributed by atoms with Gasteiger partial charge in [-0.05, 0) is 30.5 Å². The number of aryl methyl sites for hydroxylation is 1. The lowest BCUT2D eigenvalue weighted by Gasteiger charge is -2.29. The second-order valence-corrected chi connectivity index (χ2v) is 5.28. The van der Waals surface area contributed by atoms with E-state index in [0.717, 1.165) is 5.56 Å². The van der Waals surface area contributed by atoms with Crippen LogP contribution in [0.2, 0.25) is 0 Å². The van der Waals surface area contributed by atoms with Crippen LogP contribution in [-0.2, 0) is 0 Å². The highest BCUT2D eigenvalue weighted by atomic mass is 16.2. The quantitative estimate of drug-likeness (QED) is 0.859. The Morgan fingerprint density at radius 3 is 2.65 bits per heavy atom. The number of amides is 1. The van der Waals surface area contributed by atoms with Crippen LogP contribution >= 0.6 is 0 Å². The lowest BCUT2D eigenvalue weighted by molar-refractivity contribution is 0.0740. The van der Waals surface area contributed by atoms with E-state index in [1.165, 1.54) is 0 Å². The monoisotopic (exact) mass is 235 g/mol. The van der Waals surface area contributed by atoms with Crippen LogP contribution < -0.4 is 5.73 Å². The van der Waals surface area contributed by atoms with Gasteiger partial charge in [-0.25, -0.2) is 0 Å². The molecule has 1 amide bonds. The molecule has 1 heterocycles. The molecule has 0 bridgehead atoms. The van der Waals surface area contributed by atoms with Crippen LogP contribution in [0.4, 0.5) is 0 Å². The molecule has 0 aliphatic rings. The average molecular weight is 235 g/mol. The zero-order valence-electron chi connectivity index (χ0n) is 11.0. The van der Waals surface area contributed by atoms with Crippen LogP contribution in [0.25, 0.3) is 0 Å². The third-order valence-corrected chi connectivity index (χ3v) is 2.69. The normalized spacial score (nSPS) is 11.4. The van der Waals surface area contributed by atoms with Crippen LogP contribution in [-0.4, -0.2) is 35.9 Å². The van der Waals surface area contributed by atoms with Crippen molar-refractivity contribution in [1.82, 2.24) is 9.88 Å². The summed E-state index contributed by atoms with van der Waals surface area (Å²) in [6, 6.07) is 1.85. The maximum atomic E-state index is 12.1. The highest BCUT2D eigenvalue weighted by molar-refractivity contribution is 5.93. The summed E-state index contributed by atoms with van der Waals surface area (Å²) < 4.78 is 0. The van der Waals surface area contributed by atoms with Crippen molar-refractivity contribution in [2.75, 3.05) is 20.1 Å². The molecule has 0 radical (unpaired) electrons. The fourth-order valence-corrected chi connectivity index (χ4v) is 1.67. The first-order valence-electron chi connectivity index (χ1n) is 5.73. The summed E-state index contributed by atoms with van der Waals surface area (Å²) in [5.74, 6) is -0.0114. The van der Waals surface area contributed by atoms with Crippen molar-refractivity contribution >= 4 is 5.91 Å². The Morgan fingerprint density at radius 1 is 1.47 bits per heavy atom. The number of carbonyl (C=O) groups is 1. The van der Waals surface area contributed by atoms with Gasteiger partial charge in [-0.2, -0.15) is 0 Å². The fraction of sp³-hybridized carbons (Fsp3) is 0.538. The average Bonchev–Trinajstić information content (AvgIpc) is 2.27. The van der Waals surface area contributed by atoms with Gasteiger partial charge in [0.15, 0.2) is 0 Å². The molecule has 0 aliphatic carbocycles. The zero-order valence-corrected chi connectivity index (χ0v) is 11.0. The molecule has 94 valence electrons. The lowest BCUT2D eigenvalue weighted by atomic mass is 9.93. The van der Waals surface area contributed by atoms with Crippen molar-refractivity contribution in [3.05, 3.63) is 29.6 Å². The first kappa shape index (κ1) is 13.6. The molecular weight excluding hydrogens is 214 g/mol. The highest BCUT2D eigenvalue weighted by Gasteiger charge is 2.21. The molecule has 0 saturated heterocycles. The minimum Gasteiger partial charge on any atom is -0.341 e. The van der Waals surface area contributed by atoms with E-state index in [-0.39, 0.29) is 11.3 Å². The number of hydrogen-bond acceptors (Lipinski definition) is 3.